The Kier molecular flexibility index (Phi) is 3.67. The van der Waals surface area contributed by atoms with Crippen LogP contribution in [0.15, 0.2) is 12.2 Å². The molecule has 0 saturated heterocycles. The molecule has 1 unspecified atom stereocenters. The van der Waals surface area contributed by atoms with Crippen LogP contribution in [0.4, 0.5) is 4.39 Å². The van der Waals surface area contributed by atoms with Gasteiger partial charge in [0.25, 0.3) is 0 Å². The second-order valence-corrected chi connectivity index (χ2v) is 1.48. The molecule has 9 heavy (non-hydrogen) atoms. The van der Waals surface area contributed by atoms with Gasteiger partial charge in [-0.25, -0.2) is 9.18 Å². The van der Waals surface area contributed by atoms with Gasteiger partial charge in [-0.3, -0.25) is 0 Å². The Labute approximate surface area is 53.3 Å². The lowest BCUT2D eigenvalue weighted by atomic mass is 10.5. The van der Waals surface area contributed by atoms with Crippen molar-refractivity contribution in [3.63, 3.8) is 0 Å². The zero-order valence-electron chi connectivity index (χ0n) is 5.43. The average molecular weight is 132 g/mol. The highest BCUT2D eigenvalue weighted by molar-refractivity contribution is 5.81. The predicted molar refractivity (Wildman–Crippen MR) is 31.5 cm³/mol. The fraction of sp³-hybridized carbons (Fsp3) is 0.500. The van der Waals surface area contributed by atoms with Crippen molar-refractivity contribution in [1.29, 1.82) is 0 Å². The van der Waals surface area contributed by atoms with Crippen molar-refractivity contribution in [1.82, 2.24) is 0 Å². The predicted octanol–water partition coefficient (Wildman–Crippen LogP) is 1.42. The molecule has 0 aromatic carbocycles. The van der Waals surface area contributed by atoms with Gasteiger partial charge in [0, 0.05) is 13.0 Å². The van der Waals surface area contributed by atoms with Crippen LogP contribution in [0.1, 0.15) is 13.8 Å². The van der Waals surface area contributed by atoms with Crippen LogP contribution in [0.3, 0.4) is 0 Å². The van der Waals surface area contributed by atoms with Crippen molar-refractivity contribution in [3.8, 4) is 0 Å². The number of alkyl halides is 1. The Bertz CT molecular complexity index is 118. The van der Waals surface area contributed by atoms with Crippen molar-refractivity contribution in [2.45, 2.75) is 20.2 Å². The molecule has 0 aliphatic carbocycles. The van der Waals surface area contributed by atoms with Gasteiger partial charge in [0.2, 0.25) is 6.36 Å². The van der Waals surface area contributed by atoms with E-state index in [1.165, 1.54) is 6.08 Å². The average Bonchev–Trinajstić information content (AvgIpc) is 1.63. The molecule has 0 amide bonds. The molecule has 2 nitrogen and oxygen atoms in total. The first kappa shape index (κ1) is 8.14. The summed E-state index contributed by atoms with van der Waals surface area (Å²) in [4.78, 5) is 10.3. The van der Waals surface area contributed by atoms with Crippen LogP contribution in [0.25, 0.3) is 0 Å². The molecular weight excluding hydrogens is 123 g/mol. The monoisotopic (exact) mass is 132 g/mol. The highest BCUT2D eigenvalue weighted by atomic mass is 19.1. The van der Waals surface area contributed by atoms with Gasteiger partial charge in [-0.1, -0.05) is 6.08 Å². The van der Waals surface area contributed by atoms with Crippen molar-refractivity contribution in [2.24, 2.45) is 0 Å². The first-order valence-electron chi connectivity index (χ1n) is 2.64. The first-order valence-corrected chi connectivity index (χ1v) is 2.64. The highest BCUT2D eigenvalue weighted by Crippen LogP contribution is 1.91. The molecule has 0 fully saturated rings. The van der Waals surface area contributed by atoms with Crippen LogP contribution in [0.2, 0.25) is 0 Å². The summed E-state index contributed by atoms with van der Waals surface area (Å²) in [5.74, 6) is -0.646. The molecule has 0 N–H and O–H groups in total. The molecular formula is C6H9FO2. The minimum absolute atomic E-state index is 0.646. The number of carbonyl (C=O) groups is 1. The highest BCUT2D eigenvalue weighted by Gasteiger charge is 2.00. The lowest BCUT2D eigenvalue weighted by Gasteiger charge is -1.99. The third-order valence-corrected chi connectivity index (χ3v) is 0.581. The number of ether oxygens (including phenoxy) is 1. The number of carbonyl (C=O) groups excluding carboxylic acids is 1. The van der Waals surface area contributed by atoms with Gasteiger partial charge in [0.15, 0.2) is 0 Å². The SMILES string of the molecule is C/C=C/C(=O)OC(C)F. The quantitative estimate of drug-likeness (QED) is 0.419. The molecule has 0 saturated carbocycles. The molecule has 0 bridgehead atoms. The Hall–Kier alpha value is -0.860. The fourth-order valence-electron chi connectivity index (χ4n) is 0.335. The second-order valence-electron chi connectivity index (χ2n) is 1.48. The molecule has 0 aliphatic heterocycles. The van der Waals surface area contributed by atoms with Gasteiger partial charge >= 0.3 is 5.97 Å². The standard InChI is InChI=1S/C6H9FO2/c1-3-4-6(8)9-5(2)7/h3-5H,1-2H3/b4-3+. The third kappa shape index (κ3) is 5.00. The van der Waals surface area contributed by atoms with E-state index in [0.717, 1.165) is 13.0 Å². The molecule has 0 aromatic heterocycles. The Balaban J connectivity index is 3.51. The third-order valence-electron chi connectivity index (χ3n) is 0.581. The van der Waals surface area contributed by atoms with E-state index in [9.17, 15) is 9.18 Å². The molecule has 0 spiro atoms. The maximum Gasteiger partial charge on any atom is 0.332 e. The van der Waals surface area contributed by atoms with E-state index < -0.39 is 12.3 Å². The summed E-state index contributed by atoms with van der Waals surface area (Å²) in [7, 11) is 0. The minimum Gasteiger partial charge on any atom is -0.428 e. The molecule has 0 heterocycles. The Morgan fingerprint density at radius 3 is 2.67 bits per heavy atom. The van der Waals surface area contributed by atoms with Crippen molar-refractivity contribution in [3.05, 3.63) is 12.2 Å². The van der Waals surface area contributed by atoms with Crippen molar-refractivity contribution in [2.75, 3.05) is 0 Å². The zero-order valence-corrected chi connectivity index (χ0v) is 5.43. The maximum absolute atomic E-state index is 11.8. The minimum atomic E-state index is -1.52. The normalized spacial score (nSPS) is 13.7. The van der Waals surface area contributed by atoms with Gasteiger partial charge in [0.05, 0.1) is 0 Å². The van der Waals surface area contributed by atoms with E-state index in [2.05, 4.69) is 4.74 Å². The lowest BCUT2D eigenvalue weighted by Crippen LogP contribution is -2.06. The molecule has 3 heteroatoms. The molecule has 0 aromatic rings. The number of halogens is 1. The molecule has 52 valence electrons. The maximum atomic E-state index is 11.8. The summed E-state index contributed by atoms with van der Waals surface area (Å²) in [6.45, 7) is 2.81. The second kappa shape index (κ2) is 4.06. The number of esters is 1. The van der Waals surface area contributed by atoms with Gasteiger partial charge in [-0.2, -0.15) is 0 Å². The van der Waals surface area contributed by atoms with Crippen LogP contribution in [0, 0.1) is 0 Å². The number of hydrogen-bond donors (Lipinski definition) is 0. The summed E-state index contributed by atoms with van der Waals surface area (Å²) in [6, 6.07) is 0. The smallest absolute Gasteiger partial charge is 0.332 e. The van der Waals surface area contributed by atoms with Crippen LogP contribution in [-0.2, 0) is 9.53 Å². The van der Waals surface area contributed by atoms with Crippen LogP contribution < -0.4 is 0 Å². The van der Waals surface area contributed by atoms with E-state index in [4.69, 9.17) is 0 Å². The fourth-order valence-corrected chi connectivity index (χ4v) is 0.335. The van der Waals surface area contributed by atoms with Gasteiger partial charge in [-0.05, 0) is 6.92 Å². The number of allylic oxidation sites excluding steroid dienone is 1. The van der Waals surface area contributed by atoms with Crippen LogP contribution in [0.5, 0.6) is 0 Å². The van der Waals surface area contributed by atoms with Gasteiger partial charge < -0.3 is 4.74 Å². The Morgan fingerprint density at radius 2 is 2.33 bits per heavy atom. The zero-order chi connectivity index (χ0) is 7.28. The molecule has 0 rings (SSSR count). The van der Waals surface area contributed by atoms with E-state index in [-0.39, 0.29) is 0 Å². The van der Waals surface area contributed by atoms with E-state index in [0.29, 0.717) is 0 Å². The summed E-state index contributed by atoms with van der Waals surface area (Å²) in [5.41, 5.74) is 0. The molecule has 0 aliphatic rings. The molecule has 1 atom stereocenters. The Morgan fingerprint density at radius 1 is 1.78 bits per heavy atom. The lowest BCUT2D eigenvalue weighted by molar-refractivity contribution is -0.149. The summed E-state index contributed by atoms with van der Waals surface area (Å²) in [5, 5.41) is 0. The number of rotatable bonds is 2. The van der Waals surface area contributed by atoms with Crippen LogP contribution in [-0.4, -0.2) is 12.3 Å². The molecule has 0 radical (unpaired) electrons. The van der Waals surface area contributed by atoms with E-state index in [1.54, 1.807) is 6.92 Å². The van der Waals surface area contributed by atoms with Crippen LogP contribution >= 0.6 is 0 Å². The summed E-state index contributed by atoms with van der Waals surface area (Å²) < 4.78 is 15.9. The van der Waals surface area contributed by atoms with E-state index >= 15 is 0 Å². The first-order chi connectivity index (χ1) is 4.16. The van der Waals surface area contributed by atoms with Gasteiger partial charge in [0.1, 0.15) is 0 Å². The van der Waals surface area contributed by atoms with Gasteiger partial charge in [-0.15, -0.1) is 0 Å². The largest absolute Gasteiger partial charge is 0.428 e. The van der Waals surface area contributed by atoms with Crippen molar-refractivity contribution >= 4 is 5.97 Å². The summed E-state index contributed by atoms with van der Waals surface area (Å²) >= 11 is 0. The van der Waals surface area contributed by atoms with Crippen molar-refractivity contribution < 1.29 is 13.9 Å². The number of hydrogen-bond acceptors (Lipinski definition) is 2. The summed E-state index contributed by atoms with van der Waals surface area (Å²) in [6.07, 6.45) is 1.13. The topological polar surface area (TPSA) is 26.3 Å². The van der Waals surface area contributed by atoms with E-state index in [1.807, 2.05) is 0 Å².